The van der Waals surface area contributed by atoms with Gasteiger partial charge in [-0.2, -0.15) is 0 Å². The van der Waals surface area contributed by atoms with E-state index in [1.807, 2.05) is 48.5 Å². The van der Waals surface area contributed by atoms with Crippen LogP contribution >= 0.6 is 0 Å². The number of aliphatic hydroxyl groups excluding tert-OH is 1. The highest BCUT2D eigenvalue weighted by Crippen LogP contribution is 2.49. The number of Topliss-reactive ketones (excluding diaryl/α,β-unsaturated/α-hetero) is 1. The lowest BCUT2D eigenvalue weighted by atomic mass is 9.79. The van der Waals surface area contributed by atoms with Crippen LogP contribution in [0.3, 0.4) is 0 Å². The van der Waals surface area contributed by atoms with E-state index in [0.29, 0.717) is 33.8 Å². The Morgan fingerprint density at radius 1 is 0.603 bits per heavy atom. The van der Waals surface area contributed by atoms with Gasteiger partial charge in [-0.05, 0) is 84.8 Å². The number of carbonyl (C=O) groups is 7. The van der Waals surface area contributed by atoms with Crippen molar-refractivity contribution in [2.75, 3.05) is 42.9 Å². The number of nitrogens with zero attached hydrogens (tertiary/aromatic N) is 6. The molecule has 0 radical (unpaired) electrons. The molecule has 4 aromatic carbocycles. The maximum atomic E-state index is 14.5. The molecular weight excluding hydrogens is 869 g/mol. The van der Waals surface area contributed by atoms with E-state index in [9.17, 15) is 38.7 Å². The van der Waals surface area contributed by atoms with Crippen molar-refractivity contribution in [3.63, 3.8) is 0 Å². The van der Waals surface area contributed by atoms with Gasteiger partial charge in [-0.1, -0.05) is 43.2 Å². The molecule has 5 aliphatic rings. The van der Waals surface area contributed by atoms with E-state index in [1.54, 1.807) is 0 Å². The van der Waals surface area contributed by atoms with Crippen molar-refractivity contribution in [2.45, 2.75) is 115 Å². The molecule has 0 aromatic heterocycles. The average molecular weight is 926 g/mol. The lowest BCUT2D eigenvalue weighted by Crippen LogP contribution is -2.60. The number of amides is 4. The van der Waals surface area contributed by atoms with E-state index in [4.69, 9.17) is 9.68 Å². The van der Waals surface area contributed by atoms with Crippen LogP contribution in [0.2, 0.25) is 0 Å². The van der Waals surface area contributed by atoms with Crippen LogP contribution in [0.5, 0.6) is 0 Å². The molecule has 16 heteroatoms. The van der Waals surface area contributed by atoms with Crippen molar-refractivity contribution in [3.05, 3.63) is 82.6 Å². The Kier molecular flexibility index (Phi) is 11.9. The maximum absolute atomic E-state index is 14.5. The third kappa shape index (κ3) is 7.44. The highest BCUT2D eigenvalue weighted by molar-refractivity contribution is 6.53. The number of aliphatic hydroxyl groups is 1. The van der Waals surface area contributed by atoms with Crippen LogP contribution in [0.15, 0.2) is 66.4 Å². The number of hydrogen-bond donors (Lipinski definition) is 1. The van der Waals surface area contributed by atoms with Gasteiger partial charge in [0, 0.05) is 95.8 Å². The molecule has 1 aliphatic carbocycles. The maximum Gasteiger partial charge on any atom is 0.333 e. The standard InChI is InChI=1S/C52H56N6O10/c1-51(29-11-7-9-19-43(63)67-57-39(59)25-26-40(57)60)53(3)35-17-13-15-31-33(21-23-37(45(31)35)55(51)5)47-49(65)48(50(47)66)34-22-24-38-46-32(34)16-14-18-36(46)54(4)52(2,56(38)6)30-12-8-10-20-44(64)68-58-41(61)27-28-42(58)62/h13-18,21-24H,7-12,19-20,25-30H2,1-6H3/p+1. The number of unbranched alkanes of at least 4 members (excludes halogenated alkanes) is 4. The van der Waals surface area contributed by atoms with E-state index >= 15 is 0 Å². The molecule has 0 saturated carbocycles. The van der Waals surface area contributed by atoms with Crippen LogP contribution in [0.25, 0.3) is 32.7 Å². The minimum Gasteiger partial charge on any atom is -0.506 e. The highest BCUT2D eigenvalue weighted by atomic mass is 16.7. The molecule has 2 unspecified atom stereocenters. The summed E-state index contributed by atoms with van der Waals surface area (Å²) in [6.45, 7) is 4.36. The highest BCUT2D eigenvalue weighted by Gasteiger charge is 2.45. The molecule has 2 saturated heterocycles. The van der Waals surface area contributed by atoms with Crippen LogP contribution in [0.1, 0.15) is 109 Å². The van der Waals surface area contributed by atoms with E-state index in [0.717, 1.165) is 82.5 Å². The van der Waals surface area contributed by atoms with Gasteiger partial charge in [-0.3, -0.25) is 24.0 Å². The van der Waals surface area contributed by atoms with Gasteiger partial charge in [0.05, 0.1) is 22.2 Å². The molecule has 354 valence electrons. The molecule has 1 N–H and O–H groups in total. The Balaban J connectivity index is 0.926. The normalized spacial score (nSPS) is 22.1. The second kappa shape index (κ2) is 17.5. The van der Waals surface area contributed by atoms with Gasteiger partial charge < -0.3 is 29.5 Å². The SMILES string of the molecule is CN1c2cccc3c(C4=C(O)C(=c5ccc6c7c(cccc57)N(C)C(C)(CCCCCC(=O)ON5C(=O)CCC5=O)[N+]=6C)C4=O)ccc(c23)N(C)C1(C)CCCCCC(=O)ON1C(=O)CCC1=O. The summed E-state index contributed by atoms with van der Waals surface area (Å²) in [4.78, 5) is 103. The summed E-state index contributed by atoms with van der Waals surface area (Å²) >= 11 is 0. The van der Waals surface area contributed by atoms with E-state index in [-0.39, 0.29) is 61.2 Å². The fraction of sp³-hybridized carbons (Fsp3) is 0.423. The van der Waals surface area contributed by atoms with Crippen LogP contribution in [0.4, 0.5) is 17.1 Å². The summed E-state index contributed by atoms with van der Waals surface area (Å²) in [5.74, 6) is -3.40. The van der Waals surface area contributed by atoms with E-state index < -0.39 is 46.9 Å². The topological polar surface area (TPSA) is 177 Å². The van der Waals surface area contributed by atoms with Crippen LogP contribution in [0, 0.1) is 0 Å². The number of hydrogen-bond acceptors (Lipinski definition) is 13. The van der Waals surface area contributed by atoms with Crippen LogP contribution < -0.4 is 29.9 Å². The monoisotopic (exact) mass is 925 g/mol. The first-order valence-corrected chi connectivity index (χ1v) is 23.5. The molecule has 16 nitrogen and oxygen atoms in total. The Morgan fingerprint density at radius 3 is 1.68 bits per heavy atom. The largest absolute Gasteiger partial charge is 0.506 e. The minimum atomic E-state index is -0.593. The van der Waals surface area contributed by atoms with Crippen molar-refractivity contribution >= 4 is 91.1 Å². The molecular formula is C52H57N6O10+. The number of benzene rings is 4. The quantitative estimate of drug-likeness (QED) is 0.0874. The van der Waals surface area contributed by atoms with Gasteiger partial charge in [0.15, 0.2) is 0 Å². The number of allylic oxidation sites excluding steroid dienone is 2. The Labute approximate surface area is 393 Å². The van der Waals surface area contributed by atoms with Crippen molar-refractivity contribution in [2.24, 2.45) is 0 Å². The third-order valence-electron chi connectivity index (χ3n) is 15.3. The zero-order valence-corrected chi connectivity index (χ0v) is 39.5. The molecule has 0 spiro atoms. The summed E-state index contributed by atoms with van der Waals surface area (Å²) in [6.07, 6.45) is 6.17. The molecule has 0 bridgehead atoms. The number of rotatable bonds is 15. The predicted octanol–water partition coefficient (Wildman–Crippen LogP) is 5.70. The Hall–Kier alpha value is -7.10. The van der Waals surface area contributed by atoms with Crippen LogP contribution in [-0.4, -0.2) is 96.1 Å². The van der Waals surface area contributed by atoms with Gasteiger partial charge in [0.25, 0.3) is 23.6 Å². The van der Waals surface area contributed by atoms with Crippen molar-refractivity contribution < 1.29 is 48.3 Å². The number of anilines is 3. The van der Waals surface area contributed by atoms with E-state index in [2.05, 4.69) is 73.4 Å². The van der Waals surface area contributed by atoms with Crippen molar-refractivity contribution in [1.82, 2.24) is 14.7 Å². The predicted molar refractivity (Wildman–Crippen MR) is 255 cm³/mol. The molecule has 4 aromatic rings. The second-order valence-electron chi connectivity index (χ2n) is 19.0. The fourth-order valence-electron chi connectivity index (χ4n) is 10.8. The second-order valence-corrected chi connectivity index (χ2v) is 19.0. The Morgan fingerprint density at radius 2 is 1.12 bits per heavy atom. The van der Waals surface area contributed by atoms with Gasteiger partial charge in [-0.15, -0.1) is 10.1 Å². The average Bonchev–Trinajstić information content (AvgIpc) is 3.82. The number of ketones is 1. The lowest BCUT2D eigenvalue weighted by molar-refractivity contribution is -0.197. The zero-order valence-electron chi connectivity index (χ0n) is 39.5. The number of carbonyl (C=O) groups excluding carboxylic acids is 7. The molecule has 9 rings (SSSR count). The lowest BCUT2D eigenvalue weighted by Gasteiger charge is -2.52. The Bertz CT molecular complexity index is 3000. The summed E-state index contributed by atoms with van der Waals surface area (Å²) in [7, 11) is 8.23. The summed E-state index contributed by atoms with van der Waals surface area (Å²) in [5, 5.41) is 18.5. The summed E-state index contributed by atoms with van der Waals surface area (Å²) < 4.78 is 2.25. The van der Waals surface area contributed by atoms with E-state index in [1.165, 1.54) is 0 Å². The van der Waals surface area contributed by atoms with Gasteiger partial charge >= 0.3 is 11.9 Å². The molecule has 4 amide bonds. The molecule has 4 aliphatic heterocycles. The molecule has 2 fully saturated rings. The molecule has 4 heterocycles. The first-order valence-electron chi connectivity index (χ1n) is 23.5. The van der Waals surface area contributed by atoms with Crippen molar-refractivity contribution in [1.29, 1.82) is 0 Å². The molecule has 68 heavy (non-hydrogen) atoms. The zero-order chi connectivity index (χ0) is 48.4. The fourth-order valence-corrected chi connectivity index (χ4v) is 10.8. The van der Waals surface area contributed by atoms with Gasteiger partial charge in [0.2, 0.25) is 16.8 Å². The minimum absolute atomic E-state index is 0.0360. The number of hydroxylamine groups is 4. The van der Waals surface area contributed by atoms with Gasteiger partial charge in [-0.25, -0.2) is 14.2 Å². The first-order chi connectivity index (χ1) is 32.5. The summed E-state index contributed by atoms with van der Waals surface area (Å²) in [6, 6.07) is 20.0. The number of imide groups is 2. The van der Waals surface area contributed by atoms with Gasteiger partial charge in [0.1, 0.15) is 18.5 Å². The smallest absolute Gasteiger partial charge is 0.333 e. The first kappa shape index (κ1) is 46.0. The third-order valence-corrected chi connectivity index (χ3v) is 15.3. The molecule has 2 atom stereocenters. The summed E-state index contributed by atoms with van der Waals surface area (Å²) in [5.41, 5.74) is 3.37. The van der Waals surface area contributed by atoms with Crippen LogP contribution in [-0.2, 0) is 43.2 Å². The van der Waals surface area contributed by atoms with Crippen molar-refractivity contribution in [3.8, 4) is 0 Å².